The second kappa shape index (κ2) is 5.73. The number of nitrogens with zero attached hydrogens (tertiary/aromatic N) is 1. The van der Waals surface area contributed by atoms with Crippen molar-refractivity contribution in [3.63, 3.8) is 0 Å². The minimum atomic E-state index is -4.37. The van der Waals surface area contributed by atoms with Crippen LogP contribution in [0.3, 0.4) is 0 Å². The molecular formula is C12H19F3N2O. The molecule has 0 spiro atoms. The van der Waals surface area contributed by atoms with E-state index in [-0.39, 0.29) is 18.5 Å². The quantitative estimate of drug-likeness (QED) is 0.789. The van der Waals surface area contributed by atoms with Crippen molar-refractivity contribution in [2.24, 2.45) is 17.6 Å². The highest BCUT2D eigenvalue weighted by Crippen LogP contribution is 2.23. The first-order valence-electron chi connectivity index (χ1n) is 5.98. The van der Waals surface area contributed by atoms with Crippen LogP contribution in [0.25, 0.3) is 0 Å². The summed E-state index contributed by atoms with van der Waals surface area (Å²) in [6.45, 7) is 2.49. The zero-order valence-electron chi connectivity index (χ0n) is 10.6. The maximum absolute atomic E-state index is 12.4. The monoisotopic (exact) mass is 264 g/mol. The van der Waals surface area contributed by atoms with Gasteiger partial charge in [0, 0.05) is 12.6 Å². The van der Waals surface area contributed by atoms with E-state index >= 15 is 0 Å². The molecule has 0 radical (unpaired) electrons. The number of rotatable bonds is 4. The van der Waals surface area contributed by atoms with Gasteiger partial charge in [0.1, 0.15) is 6.54 Å². The van der Waals surface area contributed by atoms with Gasteiger partial charge in [-0.1, -0.05) is 26.0 Å². The Hall–Kier alpha value is -1.04. The van der Waals surface area contributed by atoms with Gasteiger partial charge in [0.25, 0.3) is 0 Å². The number of carbonyl (C=O) groups excluding carboxylic acids is 1. The summed E-state index contributed by atoms with van der Waals surface area (Å²) < 4.78 is 37.3. The van der Waals surface area contributed by atoms with Gasteiger partial charge in [-0.3, -0.25) is 4.79 Å². The second-order valence-electron chi connectivity index (χ2n) is 5.12. The lowest BCUT2D eigenvalue weighted by atomic mass is 10.1. The molecule has 1 aliphatic rings. The summed E-state index contributed by atoms with van der Waals surface area (Å²) in [6, 6.07) is -0.231. The van der Waals surface area contributed by atoms with Crippen LogP contribution in [0.2, 0.25) is 0 Å². The number of halogens is 3. The number of hydrogen-bond acceptors (Lipinski definition) is 2. The summed E-state index contributed by atoms with van der Waals surface area (Å²) in [7, 11) is 0. The maximum Gasteiger partial charge on any atom is 0.406 e. The minimum absolute atomic E-state index is 0.00430. The van der Waals surface area contributed by atoms with Gasteiger partial charge in [-0.2, -0.15) is 13.2 Å². The smallest absolute Gasteiger partial charge is 0.333 e. The van der Waals surface area contributed by atoms with E-state index in [4.69, 9.17) is 5.73 Å². The molecule has 3 nitrogen and oxygen atoms in total. The van der Waals surface area contributed by atoms with Crippen LogP contribution in [0.15, 0.2) is 12.2 Å². The second-order valence-corrected chi connectivity index (χ2v) is 5.12. The largest absolute Gasteiger partial charge is 0.406 e. The van der Waals surface area contributed by atoms with E-state index in [2.05, 4.69) is 0 Å². The lowest BCUT2D eigenvalue weighted by Gasteiger charge is -2.27. The number of amides is 1. The molecule has 6 heteroatoms. The fourth-order valence-electron chi connectivity index (χ4n) is 2.03. The molecule has 1 amide bonds. The highest BCUT2D eigenvalue weighted by atomic mass is 19.4. The van der Waals surface area contributed by atoms with Crippen molar-refractivity contribution in [3.05, 3.63) is 12.2 Å². The van der Waals surface area contributed by atoms with E-state index in [1.165, 1.54) is 0 Å². The predicted molar refractivity (Wildman–Crippen MR) is 62.7 cm³/mol. The number of carbonyl (C=O) groups is 1. The Labute approximate surface area is 105 Å². The third-order valence-corrected chi connectivity index (χ3v) is 2.70. The molecule has 0 bridgehead atoms. The molecule has 104 valence electrons. The van der Waals surface area contributed by atoms with E-state index in [0.717, 1.165) is 4.90 Å². The van der Waals surface area contributed by atoms with E-state index < -0.39 is 24.5 Å². The molecule has 1 aliphatic carbocycles. The molecule has 2 N–H and O–H groups in total. The summed E-state index contributed by atoms with van der Waals surface area (Å²) in [6.07, 6.45) is -0.694. The average Bonchev–Trinajstić information content (AvgIpc) is 2.59. The first-order valence-corrected chi connectivity index (χ1v) is 5.98. The molecule has 0 fully saturated rings. The van der Waals surface area contributed by atoms with Gasteiger partial charge in [0.2, 0.25) is 5.91 Å². The van der Waals surface area contributed by atoms with Crippen LogP contribution in [0, 0.1) is 11.8 Å². The molecule has 0 saturated heterocycles. The van der Waals surface area contributed by atoms with Crippen molar-refractivity contribution in [1.29, 1.82) is 0 Å². The average molecular weight is 264 g/mol. The van der Waals surface area contributed by atoms with Gasteiger partial charge in [0.15, 0.2) is 0 Å². The normalized spacial score (nSPS) is 23.7. The predicted octanol–water partition coefficient (Wildman–Crippen LogP) is 1.94. The molecule has 0 aromatic rings. The maximum atomic E-state index is 12.4. The van der Waals surface area contributed by atoms with Crippen LogP contribution >= 0.6 is 0 Å². The Morgan fingerprint density at radius 3 is 2.44 bits per heavy atom. The Balaban J connectivity index is 2.70. The molecule has 2 atom stereocenters. The zero-order chi connectivity index (χ0) is 13.9. The van der Waals surface area contributed by atoms with Gasteiger partial charge in [-0.25, -0.2) is 0 Å². The minimum Gasteiger partial charge on any atom is -0.333 e. The molecule has 0 aromatic heterocycles. The first-order chi connectivity index (χ1) is 8.19. The molecule has 0 aliphatic heterocycles. The standard InChI is InChI=1S/C12H19F3N2O/c1-8(2)6-17(7-12(13,14)15)11(18)9-3-4-10(16)5-9/h3-4,8-10H,5-7,16H2,1-2H3. The molecule has 0 aromatic carbocycles. The number of nitrogens with two attached hydrogens (primary N) is 1. The molecule has 18 heavy (non-hydrogen) atoms. The van der Waals surface area contributed by atoms with Gasteiger partial charge in [-0.05, 0) is 12.3 Å². The number of hydrogen-bond donors (Lipinski definition) is 1. The van der Waals surface area contributed by atoms with Crippen molar-refractivity contribution in [2.75, 3.05) is 13.1 Å². The van der Waals surface area contributed by atoms with Gasteiger partial charge < -0.3 is 10.6 Å². The third-order valence-electron chi connectivity index (χ3n) is 2.70. The molecule has 0 saturated carbocycles. The summed E-state index contributed by atoms with van der Waals surface area (Å²) >= 11 is 0. The topological polar surface area (TPSA) is 46.3 Å². The van der Waals surface area contributed by atoms with E-state index in [1.807, 2.05) is 0 Å². The van der Waals surface area contributed by atoms with E-state index in [1.54, 1.807) is 26.0 Å². The summed E-state index contributed by atoms with van der Waals surface area (Å²) in [4.78, 5) is 12.9. The highest BCUT2D eigenvalue weighted by Gasteiger charge is 2.36. The number of alkyl halides is 3. The van der Waals surface area contributed by atoms with Crippen LogP contribution in [0.1, 0.15) is 20.3 Å². The third kappa shape index (κ3) is 4.68. The van der Waals surface area contributed by atoms with Crippen LogP contribution in [-0.4, -0.2) is 36.1 Å². The summed E-state index contributed by atoms with van der Waals surface area (Å²) in [5.41, 5.74) is 5.61. The lowest BCUT2D eigenvalue weighted by molar-refractivity contribution is -0.163. The molecule has 2 unspecified atom stereocenters. The Kier molecular flexibility index (Phi) is 4.78. The van der Waals surface area contributed by atoms with Crippen LogP contribution in [0.5, 0.6) is 0 Å². The van der Waals surface area contributed by atoms with Gasteiger partial charge >= 0.3 is 6.18 Å². The fraction of sp³-hybridized carbons (Fsp3) is 0.750. The van der Waals surface area contributed by atoms with E-state index in [9.17, 15) is 18.0 Å². The molecule has 1 rings (SSSR count). The fourth-order valence-corrected chi connectivity index (χ4v) is 2.03. The Bertz CT molecular complexity index is 326. The van der Waals surface area contributed by atoms with Crippen molar-refractivity contribution in [3.8, 4) is 0 Å². The van der Waals surface area contributed by atoms with Crippen molar-refractivity contribution in [1.82, 2.24) is 4.90 Å². The molecular weight excluding hydrogens is 245 g/mol. The molecule has 0 heterocycles. The van der Waals surface area contributed by atoms with Crippen molar-refractivity contribution < 1.29 is 18.0 Å². The first kappa shape index (κ1) is 15.0. The SMILES string of the molecule is CC(C)CN(CC(F)(F)F)C(=O)C1C=CC(N)C1. The summed E-state index contributed by atoms with van der Waals surface area (Å²) in [5, 5.41) is 0. The van der Waals surface area contributed by atoms with Crippen molar-refractivity contribution in [2.45, 2.75) is 32.5 Å². The van der Waals surface area contributed by atoms with Crippen molar-refractivity contribution >= 4 is 5.91 Å². The van der Waals surface area contributed by atoms with Crippen LogP contribution in [-0.2, 0) is 4.79 Å². The van der Waals surface area contributed by atoms with Gasteiger partial charge in [0.05, 0.1) is 5.92 Å². The summed E-state index contributed by atoms with van der Waals surface area (Å²) in [5.74, 6) is -0.998. The lowest BCUT2D eigenvalue weighted by Crippen LogP contribution is -2.43. The Morgan fingerprint density at radius 1 is 1.44 bits per heavy atom. The van der Waals surface area contributed by atoms with Crippen LogP contribution in [0.4, 0.5) is 13.2 Å². The van der Waals surface area contributed by atoms with Gasteiger partial charge in [-0.15, -0.1) is 0 Å². The van der Waals surface area contributed by atoms with Crippen LogP contribution < -0.4 is 5.73 Å². The highest BCUT2D eigenvalue weighted by molar-refractivity contribution is 5.81. The Morgan fingerprint density at radius 2 is 2.06 bits per heavy atom. The van der Waals surface area contributed by atoms with E-state index in [0.29, 0.717) is 6.42 Å². The zero-order valence-corrected chi connectivity index (χ0v) is 10.6.